The molecule has 0 spiro atoms. The fourth-order valence-corrected chi connectivity index (χ4v) is 1.86. The predicted octanol–water partition coefficient (Wildman–Crippen LogP) is 2.48. The fourth-order valence-electron chi connectivity index (χ4n) is 1.86. The number of ether oxygens (including phenoxy) is 1. The molecule has 0 saturated carbocycles. The van der Waals surface area contributed by atoms with Gasteiger partial charge in [-0.2, -0.15) is 0 Å². The van der Waals surface area contributed by atoms with Crippen molar-refractivity contribution in [2.75, 3.05) is 7.11 Å². The van der Waals surface area contributed by atoms with Gasteiger partial charge in [0.25, 0.3) is 0 Å². The second-order valence-corrected chi connectivity index (χ2v) is 4.43. The molecule has 0 atom stereocenters. The average Bonchev–Trinajstić information content (AvgIpc) is 2.49. The molecule has 2 aromatic rings. The Bertz CT molecular complexity index is 444. The van der Waals surface area contributed by atoms with Crippen LogP contribution in [0.2, 0.25) is 0 Å². The number of methoxy groups -OCH3 is 1. The number of rotatable bonds is 6. The first-order valence-electron chi connectivity index (χ1n) is 6.34. The number of hydrogen-bond acceptors (Lipinski definition) is 3. The maximum absolute atomic E-state index is 8.97. The Morgan fingerprint density at radius 2 is 1.32 bits per heavy atom. The van der Waals surface area contributed by atoms with Crippen molar-refractivity contribution in [3.05, 3.63) is 65.2 Å². The van der Waals surface area contributed by atoms with E-state index in [1.807, 2.05) is 36.4 Å². The van der Waals surface area contributed by atoms with Crippen molar-refractivity contribution in [3.63, 3.8) is 0 Å². The van der Waals surface area contributed by atoms with E-state index >= 15 is 0 Å². The number of benzene rings is 2. The molecule has 2 aromatic carbocycles. The lowest BCUT2D eigenvalue weighted by Gasteiger charge is -2.07. The lowest BCUT2D eigenvalue weighted by Crippen LogP contribution is -2.12. The topological polar surface area (TPSA) is 41.5 Å². The minimum Gasteiger partial charge on any atom is -0.497 e. The van der Waals surface area contributed by atoms with Crippen LogP contribution in [-0.4, -0.2) is 12.2 Å². The molecule has 0 unspecified atom stereocenters. The van der Waals surface area contributed by atoms with Crippen molar-refractivity contribution in [1.29, 1.82) is 0 Å². The van der Waals surface area contributed by atoms with Crippen LogP contribution in [0.4, 0.5) is 0 Å². The van der Waals surface area contributed by atoms with E-state index in [1.54, 1.807) is 7.11 Å². The standard InChI is InChI=1S/C16H19NO2/c1-19-16-8-6-14(7-9-16)11-17-10-13-2-4-15(12-18)5-3-13/h2-9,17-18H,10-12H2,1H3. The van der Waals surface area contributed by atoms with Gasteiger partial charge in [0, 0.05) is 13.1 Å². The molecule has 3 nitrogen and oxygen atoms in total. The molecule has 0 aromatic heterocycles. The van der Waals surface area contributed by atoms with Crippen LogP contribution in [-0.2, 0) is 19.7 Å². The van der Waals surface area contributed by atoms with Crippen molar-refractivity contribution in [2.24, 2.45) is 0 Å². The summed E-state index contributed by atoms with van der Waals surface area (Å²) < 4.78 is 5.12. The van der Waals surface area contributed by atoms with E-state index in [9.17, 15) is 0 Å². The minimum atomic E-state index is 0.0968. The molecule has 2 rings (SSSR count). The van der Waals surface area contributed by atoms with E-state index in [-0.39, 0.29) is 6.61 Å². The van der Waals surface area contributed by atoms with Gasteiger partial charge in [0.15, 0.2) is 0 Å². The van der Waals surface area contributed by atoms with Crippen molar-refractivity contribution in [1.82, 2.24) is 5.32 Å². The maximum atomic E-state index is 8.97. The summed E-state index contributed by atoms with van der Waals surface area (Å²) >= 11 is 0. The van der Waals surface area contributed by atoms with E-state index in [1.165, 1.54) is 11.1 Å². The number of hydrogen-bond donors (Lipinski definition) is 2. The lowest BCUT2D eigenvalue weighted by molar-refractivity contribution is 0.282. The second-order valence-electron chi connectivity index (χ2n) is 4.43. The Labute approximate surface area is 113 Å². The molecule has 100 valence electrons. The Morgan fingerprint density at radius 1 is 0.842 bits per heavy atom. The third-order valence-electron chi connectivity index (χ3n) is 3.02. The number of aliphatic hydroxyl groups excluding tert-OH is 1. The largest absolute Gasteiger partial charge is 0.497 e. The lowest BCUT2D eigenvalue weighted by atomic mass is 10.1. The Kier molecular flexibility index (Phi) is 4.95. The van der Waals surface area contributed by atoms with Crippen LogP contribution < -0.4 is 10.1 Å². The molecule has 0 radical (unpaired) electrons. The van der Waals surface area contributed by atoms with Gasteiger partial charge in [-0.05, 0) is 28.8 Å². The van der Waals surface area contributed by atoms with Crippen LogP contribution in [0.25, 0.3) is 0 Å². The summed E-state index contributed by atoms with van der Waals surface area (Å²) in [4.78, 5) is 0. The average molecular weight is 257 g/mol. The van der Waals surface area contributed by atoms with Gasteiger partial charge in [-0.3, -0.25) is 0 Å². The third kappa shape index (κ3) is 4.09. The van der Waals surface area contributed by atoms with Gasteiger partial charge in [0.05, 0.1) is 13.7 Å². The zero-order chi connectivity index (χ0) is 13.5. The molecule has 3 heteroatoms. The Balaban J connectivity index is 1.81. The van der Waals surface area contributed by atoms with Gasteiger partial charge < -0.3 is 15.2 Å². The van der Waals surface area contributed by atoms with Gasteiger partial charge in [-0.15, -0.1) is 0 Å². The first-order valence-corrected chi connectivity index (χ1v) is 6.34. The summed E-state index contributed by atoms with van der Waals surface area (Å²) in [5.74, 6) is 0.878. The molecular weight excluding hydrogens is 238 g/mol. The zero-order valence-electron chi connectivity index (χ0n) is 11.1. The first kappa shape index (κ1) is 13.6. The SMILES string of the molecule is COc1ccc(CNCc2ccc(CO)cc2)cc1. The van der Waals surface area contributed by atoms with Gasteiger partial charge >= 0.3 is 0 Å². The van der Waals surface area contributed by atoms with E-state index < -0.39 is 0 Å². The molecule has 0 saturated heterocycles. The maximum Gasteiger partial charge on any atom is 0.118 e. The quantitative estimate of drug-likeness (QED) is 0.835. The van der Waals surface area contributed by atoms with Crippen molar-refractivity contribution >= 4 is 0 Å². The van der Waals surface area contributed by atoms with E-state index in [0.29, 0.717) is 0 Å². The van der Waals surface area contributed by atoms with Crippen molar-refractivity contribution in [3.8, 4) is 5.75 Å². The summed E-state index contributed by atoms with van der Waals surface area (Å²) in [7, 11) is 1.67. The highest BCUT2D eigenvalue weighted by molar-refractivity contribution is 5.27. The van der Waals surface area contributed by atoms with E-state index in [4.69, 9.17) is 9.84 Å². The van der Waals surface area contributed by atoms with Crippen LogP contribution in [0.5, 0.6) is 5.75 Å². The summed E-state index contributed by atoms with van der Waals surface area (Å²) in [6.45, 7) is 1.74. The van der Waals surface area contributed by atoms with E-state index in [2.05, 4.69) is 17.4 Å². The molecule has 19 heavy (non-hydrogen) atoms. The Morgan fingerprint density at radius 3 is 1.79 bits per heavy atom. The molecule has 0 heterocycles. The highest BCUT2D eigenvalue weighted by Crippen LogP contribution is 2.11. The normalized spacial score (nSPS) is 10.4. The fraction of sp³-hybridized carbons (Fsp3) is 0.250. The monoisotopic (exact) mass is 257 g/mol. The van der Waals surface area contributed by atoms with Gasteiger partial charge in [-0.25, -0.2) is 0 Å². The molecule has 0 fully saturated rings. The first-order chi connectivity index (χ1) is 9.31. The molecular formula is C16H19NO2. The second kappa shape index (κ2) is 6.92. The van der Waals surface area contributed by atoms with Crippen LogP contribution in [0.1, 0.15) is 16.7 Å². The summed E-state index contributed by atoms with van der Waals surface area (Å²) in [6.07, 6.45) is 0. The van der Waals surface area contributed by atoms with Gasteiger partial charge in [0.2, 0.25) is 0 Å². The molecule has 0 aliphatic carbocycles. The molecule has 0 aliphatic rings. The van der Waals surface area contributed by atoms with Crippen LogP contribution in [0, 0.1) is 0 Å². The molecule has 2 N–H and O–H groups in total. The number of aliphatic hydroxyl groups is 1. The van der Waals surface area contributed by atoms with Crippen LogP contribution >= 0.6 is 0 Å². The third-order valence-corrected chi connectivity index (χ3v) is 3.02. The molecule has 0 amide bonds. The number of nitrogens with one attached hydrogen (secondary N) is 1. The summed E-state index contributed by atoms with van der Waals surface area (Å²) in [6, 6.07) is 16.0. The molecule has 0 bridgehead atoms. The molecule has 0 aliphatic heterocycles. The van der Waals surface area contributed by atoms with Crippen LogP contribution in [0.3, 0.4) is 0 Å². The van der Waals surface area contributed by atoms with Crippen LogP contribution in [0.15, 0.2) is 48.5 Å². The minimum absolute atomic E-state index is 0.0968. The van der Waals surface area contributed by atoms with E-state index in [0.717, 1.165) is 24.4 Å². The van der Waals surface area contributed by atoms with Gasteiger partial charge in [0.1, 0.15) is 5.75 Å². The predicted molar refractivity (Wildman–Crippen MR) is 75.9 cm³/mol. The highest BCUT2D eigenvalue weighted by Gasteiger charge is 1.96. The van der Waals surface area contributed by atoms with Crippen molar-refractivity contribution < 1.29 is 9.84 Å². The summed E-state index contributed by atoms with van der Waals surface area (Å²) in [5, 5.41) is 12.4. The highest BCUT2D eigenvalue weighted by atomic mass is 16.5. The summed E-state index contributed by atoms with van der Waals surface area (Å²) in [5.41, 5.74) is 3.39. The van der Waals surface area contributed by atoms with Crippen molar-refractivity contribution in [2.45, 2.75) is 19.7 Å². The van der Waals surface area contributed by atoms with Gasteiger partial charge in [-0.1, -0.05) is 36.4 Å². The smallest absolute Gasteiger partial charge is 0.118 e. The zero-order valence-corrected chi connectivity index (χ0v) is 11.1. The Hall–Kier alpha value is -1.84.